The van der Waals surface area contributed by atoms with Crippen molar-refractivity contribution in [3.05, 3.63) is 47.2 Å². The lowest BCUT2D eigenvalue weighted by molar-refractivity contribution is -0.169. The zero-order valence-corrected chi connectivity index (χ0v) is 30.9. The molecular weight excluding hydrogens is 580 g/mol. The van der Waals surface area contributed by atoms with E-state index in [9.17, 15) is 9.59 Å². The average Bonchev–Trinajstić information content (AvgIpc) is 3.38. The van der Waals surface area contributed by atoms with Crippen LogP contribution in [0.15, 0.2) is 35.9 Å². The molecule has 47 heavy (non-hydrogen) atoms. The highest BCUT2D eigenvalue weighted by Gasteiger charge is 2.69. The molecule has 0 aliphatic heterocycles. The zero-order chi connectivity index (χ0) is 33.9. The number of nitrogens with one attached hydrogen (secondary N) is 2. The predicted octanol–water partition coefficient (Wildman–Crippen LogP) is 9.30. The summed E-state index contributed by atoms with van der Waals surface area (Å²) in [7, 11) is 1.42. The van der Waals surface area contributed by atoms with Gasteiger partial charge in [0.2, 0.25) is 5.91 Å². The Balaban J connectivity index is 1.30. The van der Waals surface area contributed by atoms with E-state index < -0.39 is 11.5 Å². The van der Waals surface area contributed by atoms with Crippen molar-refractivity contribution in [3.8, 4) is 0 Å². The molecule has 0 bridgehead atoms. The SMILES string of the molecule is COC(=O)[C@@H](NC(=O)[C@]12CCC(C)(C)C[C@H]1C1=CC[C@@H]3[C@@]4(C)Cc5c([nH]c6ccccc56)C(C)(C)[C@@H]4CC[C@@]3(C)[C@]1(C)CC2)C(C)C. The number of aromatic amines is 1. The molecule has 1 aromatic carbocycles. The fourth-order valence-corrected chi connectivity index (χ4v) is 12.8. The molecule has 5 aliphatic carbocycles. The standard InChI is InChI=1S/C42H60N2O3/c1-25(2)33(35(45)47-10)44-36(46)42-21-19-37(3,4)24-29(42)28-15-16-32-39(7)23-27-26-13-11-12-14-30(26)43-34(27)38(5,6)31(39)17-18-41(32,9)40(28,8)20-22-42/h11-15,25,29,31-33,43H,16-24H2,1-10H3,(H,44,46)/t29-,31-,32+,33-,39-,40+,41+,42-/m0/s1. The van der Waals surface area contributed by atoms with Crippen LogP contribution in [0.4, 0.5) is 0 Å². The topological polar surface area (TPSA) is 71.2 Å². The minimum Gasteiger partial charge on any atom is -0.467 e. The largest absolute Gasteiger partial charge is 0.467 e. The Hall–Kier alpha value is -2.56. The number of carbonyl (C=O) groups is 2. The van der Waals surface area contributed by atoms with Gasteiger partial charge in [-0.2, -0.15) is 0 Å². The summed E-state index contributed by atoms with van der Waals surface area (Å²) in [5.74, 6) is 1.09. The minimum atomic E-state index is -0.618. The number of esters is 1. The van der Waals surface area contributed by atoms with Crippen LogP contribution in [0.2, 0.25) is 0 Å². The summed E-state index contributed by atoms with van der Waals surface area (Å²) >= 11 is 0. The normalized spacial score (nSPS) is 39.0. The number of methoxy groups -OCH3 is 1. The van der Waals surface area contributed by atoms with E-state index >= 15 is 0 Å². The van der Waals surface area contributed by atoms with Gasteiger partial charge in [0.25, 0.3) is 0 Å². The highest BCUT2D eigenvalue weighted by molar-refractivity contribution is 5.89. The molecule has 8 atom stereocenters. The molecule has 256 valence electrons. The Morgan fingerprint density at radius 3 is 2.34 bits per heavy atom. The third-order valence-electron chi connectivity index (χ3n) is 15.7. The van der Waals surface area contributed by atoms with Gasteiger partial charge >= 0.3 is 5.97 Å². The van der Waals surface area contributed by atoms with Crippen molar-refractivity contribution in [2.75, 3.05) is 7.11 Å². The van der Waals surface area contributed by atoms with Crippen molar-refractivity contribution in [2.24, 2.45) is 50.7 Å². The zero-order valence-electron chi connectivity index (χ0n) is 30.9. The van der Waals surface area contributed by atoms with E-state index in [1.165, 1.54) is 36.5 Å². The number of aromatic nitrogens is 1. The first-order valence-corrected chi connectivity index (χ1v) is 18.6. The van der Waals surface area contributed by atoms with Crippen molar-refractivity contribution >= 4 is 22.8 Å². The summed E-state index contributed by atoms with van der Waals surface area (Å²) in [4.78, 5) is 31.3. The summed E-state index contributed by atoms with van der Waals surface area (Å²) in [5.41, 5.74) is 6.01. The molecule has 1 heterocycles. The third-order valence-corrected chi connectivity index (χ3v) is 15.7. The van der Waals surface area contributed by atoms with E-state index in [4.69, 9.17) is 4.74 Å². The van der Waals surface area contributed by atoms with Gasteiger partial charge in [0.15, 0.2) is 0 Å². The average molecular weight is 641 g/mol. The number of hydrogen-bond donors (Lipinski definition) is 2. The quantitative estimate of drug-likeness (QED) is 0.258. The van der Waals surface area contributed by atoms with Gasteiger partial charge in [-0.15, -0.1) is 0 Å². The number of H-pyrrole nitrogens is 1. The lowest BCUT2D eigenvalue weighted by Crippen LogP contribution is -2.65. The number of fused-ring (bicyclic) bond motifs is 10. The number of amides is 1. The molecule has 1 aromatic heterocycles. The van der Waals surface area contributed by atoms with Gasteiger partial charge in [-0.3, -0.25) is 4.79 Å². The van der Waals surface area contributed by atoms with Crippen LogP contribution in [0.1, 0.15) is 125 Å². The molecule has 7 rings (SSSR count). The van der Waals surface area contributed by atoms with Crippen LogP contribution in [0.3, 0.4) is 0 Å². The molecule has 2 N–H and O–H groups in total. The van der Waals surface area contributed by atoms with Crippen LogP contribution in [-0.2, 0) is 26.2 Å². The molecule has 3 saturated carbocycles. The van der Waals surface area contributed by atoms with Crippen LogP contribution in [0.5, 0.6) is 0 Å². The monoisotopic (exact) mass is 640 g/mol. The van der Waals surface area contributed by atoms with Gasteiger partial charge in [0.1, 0.15) is 6.04 Å². The number of para-hydroxylation sites is 1. The summed E-state index contributed by atoms with van der Waals surface area (Å²) in [6.45, 7) is 21.7. The van der Waals surface area contributed by atoms with E-state index in [1.54, 1.807) is 11.1 Å². The van der Waals surface area contributed by atoms with Gasteiger partial charge in [0, 0.05) is 22.0 Å². The first-order valence-electron chi connectivity index (χ1n) is 18.6. The van der Waals surface area contributed by atoms with E-state index in [0.29, 0.717) is 11.8 Å². The van der Waals surface area contributed by atoms with Gasteiger partial charge in [-0.05, 0) is 115 Å². The van der Waals surface area contributed by atoms with Crippen LogP contribution < -0.4 is 5.32 Å². The summed E-state index contributed by atoms with van der Waals surface area (Å²) in [5, 5.41) is 4.67. The van der Waals surface area contributed by atoms with Gasteiger partial charge < -0.3 is 15.0 Å². The van der Waals surface area contributed by atoms with Gasteiger partial charge in [-0.25, -0.2) is 4.79 Å². The third kappa shape index (κ3) is 4.38. The molecule has 5 nitrogen and oxygen atoms in total. The summed E-state index contributed by atoms with van der Waals surface area (Å²) in [6.07, 6.45) is 12.2. The molecule has 0 saturated heterocycles. The van der Waals surface area contributed by atoms with E-state index in [-0.39, 0.29) is 50.8 Å². The number of hydrogen-bond acceptors (Lipinski definition) is 3. The fraction of sp³-hybridized carbons (Fsp3) is 0.714. The number of carbonyl (C=O) groups excluding carboxylic acids is 2. The second-order valence-corrected chi connectivity index (χ2v) is 19.0. The number of rotatable bonds is 4. The van der Waals surface area contributed by atoms with Crippen molar-refractivity contribution in [1.82, 2.24) is 10.3 Å². The van der Waals surface area contributed by atoms with Gasteiger partial charge in [-0.1, -0.05) is 92.2 Å². The molecule has 0 spiro atoms. The Kier molecular flexibility index (Phi) is 7.34. The number of ether oxygens (including phenoxy) is 1. The Morgan fingerprint density at radius 2 is 1.64 bits per heavy atom. The molecule has 5 heteroatoms. The second-order valence-electron chi connectivity index (χ2n) is 19.0. The minimum absolute atomic E-state index is 0.0305. The number of benzene rings is 1. The fourth-order valence-electron chi connectivity index (χ4n) is 12.8. The van der Waals surface area contributed by atoms with Crippen molar-refractivity contribution in [2.45, 2.75) is 132 Å². The first kappa shape index (κ1) is 33.0. The van der Waals surface area contributed by atoms with Crippen molar-refractivity contribution in [3.63, 3.8) is 0 Å². The van der Waals surface area contributed by atoms with E-state index in [1.807, 2.05) is 13.8 Å². The maximum absolute atomic E-state index is 14.6. The van der Waals surface area contributed by atoms with Gasteiger partial charge in [0.05, 0.1) is 12.5 Å². The van der Waals surface area contributed by atoms with Crippen molar-refractivity contribution in [1.29, 1.82) is 0 Å². The second kappa shape index (κ2) is 10.5. The lowest BCUT2D eigenvalue weighted by atomic mass is 9.33. The molecule has 1 amide bonds. The van der Waals surface area contributed by atoms with Crippen molar-refractivity contribution < 1.29 is 14.3 Å². The van der Waals surface area contributed by atoms with Crippen LogP contribution in [0.25, 0.3) is 10.9 Å². The molecular formula is C42H60N2O3. The molecule has 2 aromatic rings. The molecule has 0 radical (unpaired) electrons. The summed E-state index contributed by atoms with van der Waals surface area (Å²) in [6, 6.07) is 8.32. The van der Waals surface area contributed by atoms with E-state index in [0.717, 1.165) is 44.9 Å². The van der Waals surface area contributed by atoms with Crippen LogP contribution >= 0.6 is 0 Å². The smallest absolute Gasteiger partial charge is 0.328 e. The highest BCUT2D eigenvalue weighted by Crippen LogP contribution is 2.75. The molecule has 5 aliphatic rings. The van der Waals surface area contributed by atoms with Crippen LogP contribution in [0, 0.1) is 50.7 Å². The summed E-state index contributed by atoms with van der Waals surface area (Å²) < 4.78 is 5.14. The Bertz CT molecular complexity index is 1650. The highest BCUT2D eigenvalue weighted by atomic mass is 16.5. The molecule has 0 unspecified atom stereocenters. The maximum atomic E-state index is 14.6. The Labute approximate surface area is 283 Å². The maximum Gasteiger partial charge on any atom is 0.328 e. The van der Waals surface area contributed by atoms with E-state index in [2.05, 4.69) is 89.1 Å². The molecule has 3 fully saturated rings. The lowest BCUT2D eigenvalue weighted by Gasteiger charge is -2.70. The van der Waals surface area contributed by atoms with Crippen LogP contribution in [-0.4, -0.2) is 30.0 Å². The Morgan fingerprint density at radius 1 is 0.936 bits per heavy atom. The first-order chi connectivity index (χ1) is 21.9. The predicted molar refractivity (Wildman–Crippen MR) is 190 cm³/mol. The number of allylic oxidation sites excluding steroid dienone is 2.